The van der Waals surface area contributed by atoms with Crippen molar-refractivity contribution in [1.29, 1.82) is 0 Å². The Kier molecular flexibility index (Phi) is 4.09. The van der Waals surface area contributed by atoms with Gasteiger partial charge >= 0.3 is 0 Å². The Labute approximate surface area is 133 Å². The third kappa shape index (κ3) is 3.17. The summed E-state index contributed by atoms with van der Waals surface area (Å²) in [6.07, 6.45) is 2.23. The molecule has 0 amide bonds. The van der Waals surface area contributed by atoms with Crippen LogP contribution >= 0.6 is 34.7 Å². The molecule has 0 unspecified atom stereocenters. The number of hydrogen-bond donors (Lipinski definition) is 1. The van der Waals surface area contributed by atoms with Gasteiger partial charge in [-0.05, 0) is 23.2 Å². The molecule has 21 heavy (non-hydrogen) atoms. The van der Waals surface area contributed by atoms with Gasteiger partial charge in [-0.2, -0.15) is 5.10 Å². The molecule has 6 nitrogen and oxygen atoms in total. The summed E-state index contributed by atoms with van der Waals surface area (Å²) in [7, 11) is 1.55. The average molecular weight is 340 g/mol. The van der Waals surface area contributed by atoms with Gasteiger partial charge in [-0.1, -0.05) is 17.7 Å². The van der Waals surface area contributed by atoms with Gasteiger partial charge in [-0.15, -0.1) is 16.4 Å². The second-order valence-corrected chi connectivity index (χ2v) is 6.59. The van der Waals surface area contributed by atoms with E-state index in [1.54, 1.807) is 18.4 Å². The first-order chi connectivity index (χ1) is 10.1. The fraction of sp³-hybridized carbons (Fsp3) is 0.167. The van der Waals surface area contributed by atoms with Crippen LogP contribution in [0.4, 0.5) is 0 Å². The van der Waals surface area contributed by atoms with E-state index in [2.05, 4.69) is 20.3 Å². The molecule has 0 aliphatic carbocycles. The van der Waals surface area contributed by atoms with Crippen molar-refractivity contribution < 1.29 is 0 Å². The molecule has 1 N–H and O–H groups in total. The van der Waals surface area contributed by atoms with Crippen LogP contribution < -0.4 is 5.56 Å². The molecule has 0 aliphatic rings. The molecule has 0 fully saturated rings. The lowest BCUT2D eigenvalue weighted by atomic mass is 10.3. The van der Waals surface area contributed by atoms with Crippen LogP contribution in [0, 0.1) is 0 Å². The van der Waals surface area contributed by atoms with Crippen molar-refractivity contribution in [3.63, 3.8) is 0 Å². The SMILES string of the molecule is Cn1ncc(Sc2n[nH]c(Cc3cccs3)n2)c(Cl)c1=O. The molecule has 0 atom stereocenters. The van der Waals surface area contributed by atoms with E-state index in [4.69, 9.17) is 11.6 Å². The molecule has 3 aromatic rings. The zero-order valence-corrected chi connectivity index (χ0v) is 13.3. The van der Waals surface area contributed by atoms with Gasteiger partial charge in [0.05, 0.1) is 11.1 Å². The van der Waals surface area contributed by atoms with Crippen molar-refractivity contribution in [3.05, 3.63) is 49.8 Å². The van der Waals surface area contributed by atoms with E-state index in [0.29, 0.717) is 16.5 Å². The monoisotopic (exact) mass is 339 g/mol. The average Bonchev–Trinajstić information content (AvgIpc) is 3.12. The summed E-state index contributed by atoms with van der Waals surface area (Å²) in [6.45, 7) is 0. The van der Waals surface area contributed by atoms with Crippen molar-refractivity contribution in [2.24, 2.45) is 7.05 Å². The maximum atomic E-state index is 11.7. The van der Waals surface area contributed by atoms with Gasteiger partial charge in [0.1, 0.15) is 10.8 Å². The molecule has 0 saturated carbocycles. The summed E-state index contributed by atoms with van der Waals surface area (Å²) in [5.74, 6) is 0.771. The summed E-state index contributed by atoms with van der Waals surface area (Å²) in [5.41, 5.74) is -0.337. The Bertz CT molecular complexity index is 811. The van der Waals surface area contributed by atoms with Gasteiger partial charge in [0.2, 0.25) is 5.16 Å². The molecule has 0 aromatic carbocycles. The summed E-state index contributed by atoms with van der Waals surface area (Å²) in [5, 5.41) is 13.6. The number of aromatic amines is 1. The minimum absolute atomic E-state index is 0.127. The number of rotatable bonds is 4. The number of aryl methyl sites for hydroxylation is 1. The fourth-order valence-electron chi connectivity index (χ4n) is 1.65. The topological polar surface area (TPSA) is 76.5 Å². The van der Waals surface area contributed by atoms with E-state index in [0.717, 1.165) is 5.82 Å². The van der Waals surface area contributed by atoms with Crippen molar-refractivity contribution in [2.45, 2.75) is 16.5 Å². The summed E-state index contributed by atoms with van der Waals surface area (Å²) >= 11 is 8.89. The quantitative estimate of drug-likeness (QED) is 0.789. The van der Waals surface area contributed by atoms with Gasteiger partial charge in [-0.3, -0.25) is 9.89 Å². The van der Waals surface area contributed by atoms with Gasteiger partial charge < -0.3 is 0 Å². The molecule has 3 aromatic heterocycles. The Hall–Kier alpha value is -1.64. The Morgan fingerprint density at radius 2 is 2.38 bits per heavy atom. The predicted molar refractivity (Wildman–Crippen MR) is 82.1 cm³/mol. The van der Waals surface area contributed by atoms with E-state index in [1.165, 1.54) is 27.5 Å². The lowest BCUT2D eigenvalue weighted by Gasteiger charge is -2.01. The van der Waals surface area contributed by atoms with Crippen LogP contribution in [0.3, 0.4) is 0 Å². The summed E-state index contributed by atoms with van der Waals surface area (Å²) in [6, 6.07) is 4.04. The summed E-state index contributed by atoms with van der Waals surface area (Å²) in [4.78, 5) is 17.8. The van der Waals surface area contributed by atoms with Crippen LogP contribution in [-0.2, 0) is 13.5 Å². The van der Waals surface area contributed by atoms with Crippen LogP contribution in [0.2, 0.25) is 5.02 Å². The normalized spacial score (nSPS) is 11.0. The number of hydrogen-bond acceptors (Lipinski definition) is 6. The number of nitrogens with zero attached hydrogens (tertiary/aromatic N) is 4. The highest BCUT2D eigenvalue weighted by Crippen LogP contribution is 2.28. The number of aromatic nitrogens is 5. The lowest BCUT2D eigenvalue weighted by molar-refractivity contribution is 0.696. The third-order valence-electron chi connectivity index (χ3n) is 2.68. The van der Waals surface area contributed by atoms with Crippen molar-refractivity contribution in [3.8, 4) is 0 Å². The van der Waals surface area contributed by atoms with E-state index in [1.807, 2.05) is 17.5 Å². The van der Waals surface area contributed by atoms with E-state index >= 15 is 0 Å². The zero-order chi connectivity index (χ0) is 14.8. The molecule has 108 valence electrons. The lowest BCUT2D eigenvalue weighted by Crippen LogP contribution is -2.19. The molecule has 0 saturated heterocycles. The van der Waals surface area contributed by atoms with Gasteiger partial charge in [-0.25, -0.2) is 9.67 Å². The minimum Gasteiger partial charge on any atom is -0.266 e. The Morgan fingerprint density at radius 3 is 3.14 bits per heavy atom. The number of nitrogens with one attached hydrogen (secondary N) is 1. The van der Waals surface area contributed by atoms with Gasteiger partial charge in [0.15, 0.2) is 0 Å². The maximum absolute atomic E-state index is 11.7. The smallest absolute Gasteiger partial charge is 0.266 e. The van der Waals surface area contributed by atoms with E-state index < -0.39 is 0 Å². The number of halogens is 1. The van der Waals surface area contributed by atoms with Crippen LogP contribution in [0.1, 0.15) is 10.7 Å². The molecule has 0 radical (unpaired) electrons. The summed E-state index contributed by atoms with van der Waals surface area (Å²) < 4.78 is 1.19. The van der Waals surface area contributed by atoms with Crippen LogP contribution in [0.15, 0.2) is 38.6 Å². The highest BCUT2D eigenvalue weighted by Gasteiger charge is 2.12. The Morgan fingerprint density at radius 1 is 1.52 bits per heavy atom. The third-order valence-corrected chi connectivity index (χ3v) is 4.93. The van der Waals surface area contributed by atoms with Crippen molar-refractivity contribution in [2.75, 3.05) is 0 Å². The van der Waals surface area contributed by atoms with Crippen LogP contribution in [-0.4, -0.2) is 25.0 Å². The van der Waals surface area contributed by atoms with E-state index in [9.17, 15) is 4.79 Å². The maximum Gasteiger partial charge on any atom is 0.286 e. The molecular formula is C12H10ClN5OS2. The first kappa shape index (κ1) is 14.3. The predicted octanol–water partition coefficient (Wildman–Crippen LogP) is 2.36. The molecule has 0 bridgehead atoms. The molecule has 3 heterocycles. The molecule has 9 heteroatoms. The van der Waals surface area contributed by atoms with Crippen LogP contribution in [0.5, 0.6) is 0 Å². The highest BCUT2D eigenvalue weighted by atomic mass is 35.5. The standard InChI is InChI=1S/C12H10ClN5OS2/c1-18-11(19)10(13)8(6-14-18)21-12-15-9(16-17-12)5-7-3-2-4-20-7/h2-4,6H,5H2,1H3,(H,15,16,17). The molecular weight excluding hydrogens is 330 g/mol. The van der Waals surface area contributed by atoms with Crippen LogP contribution in [0.25, 0.3) is 0 Å². The fourth-order valence-corrected chi connectivity index (χ4v) is 3.36. The van der Waals surface area contributed by atoms with Crippen molar-refractivity contribution in [1.82, 2.24) is 25.0 Å². The second kappa shape index (κ2) is 6.00. The molecule has 3 rings (SSSR count). The number of H-pyrrole nitrogens is 1. The zero-order valence-electron chi connectivity index (χ0n) is 10.9. The number of thiophene rings is 1. The highest BCUT2D eigenvalue weighted by molar-refractivity contribution is 7.99. The van der Waals surface area contributed by atoms with E-state index in [-0.39, 0.29) is 10.6 Å². The largest absolute Gasteiger partial charge is 0.286 e. The van der Waals surface area contributed by atoms with Gasteiger partial charge in [0, 0.05) is 18.3 Å². The first-order valence-electron chi connectivity index (χ1n) is 5.97. The first-order valence-corrected chi connectivity index (χ1v) is 8.04. The second-order valence-electron chi connectivity index (χ2n) is 4.17. The molecule has 0 aliphatic heterocycles. The minimum atomic E-state index is -0.337. The molecule has 0 spiro atoms. The van der Waals surface area contributed by atoms with Gasteiger partial charge in [0.25, 0.3) is 5.56 Å². The Balaban J connectivity index is 1.78. The van der Waals surface area contributed by atoms with Crippen molar-refractivity contribution >= 4 is 34.7 Å².